The molecule has 1 nitrogen and oxygen atoms in total. The third-order valence-electron chi connectivity index (χ3n) is 3.26. The van der Waals surface area contributed by atoms with Crippen LogP contribution in [0.2, 0.25) is 5.02 Å². The summed E-state index contributed by atoms with van der Waals surface area (Å²) in [5.41, 5.74) is 0.0501. The lowest BCUT2D eigenvalue weighted by atomic mass is 9.91. The van der Waals surface area contributed by atoms with Crippen molar-refractivity contribution in [1.29, 1.82) is 0 Å². The highest BCUT2D eigenvalue weighted by Crippen LogP contribution is 2.25. The normalized spacial score (nSPS) is 12.4. The molecule has 0 heterocycles. The molecule has 18 heavy (non-hydrogen) atoms. The van der Waals surface area contributed by atoms with Gasteiger partial charge < -0.3 is 0 Å². The number of ketones is 1. The first-order chi connectivity index (χ1) is 8.60. The summed E-state index contributed by atoms with van der Waals surface area (Å²) in [4.78, 5) is 12.1. The summed E-state index contributed by atoms with van der Waals surface area (Å²) in [5.74, 6) is -0.368. The van der Waals surface area contributed by atoms with Crippen LogP contribution in [0.3, 0.4) is 0 Å². The van der Waals surface area contributed by atoms with Crippen LogP contribution in [0.25, 0.3) is 0 Å². The van der Waals surface area contributed by atoms with Gasteiger partial charge in [-0.3, -0.25) is 4.79 Å². The molecule has 1 atom stereocenters. The van der Waals surface area contributed by atoms with Crippen LogP contribution in [-0.4, -0.2) is 5.78 Å². The maximum absolute atomic E-state index is 13.6. The van der Waals surface area contributed by atoms with Gasteiger partial charge in [-0.05, 0) is 18.1 Å². The number of halogens is 2. The Morgan fingerprint density at radius 3 is 2.67 bits per heavy atom. The van der Waals surface area contributed by atoms with Gasteiger partial charge >= 0.3 is 0 Å². The van der Waals surface area contributed by atoms with E-state index in [0.29, 0.717) is 12.3 Å². The Bertz CT molecular complexity index is 383. The van der Waals surface area contributed by atoms with Crippen molar-refractivity contribution in [1.82, 2.24) is 0 Å². The number of carbonyl (C=O) groups is 1. The van der Waals surface area contributed by atoms with Crippen LogP contribution in [0.4, 0.5) is 4.39 Å². The van der Waals surface area contributed by atoms with Crippen molar-refractivity contribution in [3.8, 4) is 0 Å². The highest BCUT2D eigenvalue weighted by molar-refractivity contribution is 6.34. The standard InChI is InChI=1S/C15H20ClFO/c1-3-5-7-11(4-2)10-14(18)15-12(16)8-6-9-13(15)17/h6,8-9,11H,3-5,7,10H2,1-2H3. The number of rotatable bonds is 7. The molecule has 1 rings (SSSR count). The van der Waals surface area contributed by atoms with Gasteiger partial charge in [0.1, 0.15) is 5.82 Å². The second-order valence-corrected chi connectivity index (χ2v) is 5.05. The number of hydrogen-bond donors (Lipinski definition) is 0. The molecule has 0 aliphatic rings. The van der Waals surface area contributed by atoms with Crippen LogP contribution < -0.4 is 0 Å². The lowest BCUT2D eigenvalue weighted by molar-refractivity contribution is 0.0953. The Kier molecular flexibility index (Phi) is 6.34. The fraction of sp³-hybridized carbons (Fsp3) is 0.533. The highest BCUT2D eigenvalue weighted by Gasteiger charge is 2.19. The first kappa shape index (κ1) is 15.2. The van der Waals surface area contributed by atoms with Crippen molar-refractivity contribution in [2.24, 2.45) is 5.92 Å². The Morgan fingerprint density at radius 2 is 2.11 bits per heavy atom. The van der Waals surface area contributed by atoms with E-state index >= 15 is 0 Å². The maximum atomic E-state index is 13.6. The van der Waals surface area contributed by atoms with Crippen molar-refractivity contribution in [2.45, 2.75) is 46.0 Å². The smallest absolute Gasteiger partial charge is 0.167 e. The van der Waals surface area contributed by atoms with E-state index in [2.05, 4.69) is 13.8 Å². The Balaban J connectivity index is 2.75. The lowest BCUT2D eigenvalue weighted by Gasteiger charge is -2.14. The molecule has 1 unspecified atom stereocenters. The van der Waals surface area contributed by atoms with Crippen molar-refractivity contribution in [2.75, 3.05) is 0 Å². The van der Waals surface area contributed by atoms with E-state index in [9.17, 15) is 9.18 Å². The van der Waals surface area contributed by atoms with Crippen LogP contribution in [-0.2, 0) is 0 Å². The summed E-state index contributed by atoms with van der Waals surface area (Å²) in [7, 11) is 0. The van der Waals surface area contributed by atoms with Gasteiger partial charge in [0.05, 0.1) is 10.6 Å². The summed E-state index contributed by atoms with van der Waals surface area (Å²) >= 11 is 5.89. The van der Waals surface area contributed by atoms with E-state index in [1.54, 1.807) is 6.07 Å². The lowest BCUT2D eigenvalue weighted by Crippen LogP contribution is -2.10. The molecule has 0 saturated heterocycles. The second-order valence-electron chi connectivity index (χ2n) is 4.64. The largest absolute Gasteiger partial charge is 0.294 e. The fourth-order valence-electron chi connectivity index (χ4n) is 2.07. The first-order valence-corrected chi connectivity index (χ1v) is 6.95. The molecular weight excluding hydrogens is 251 g/mol. The molecule has 0 saturated carbocycles. The van der Waals surface area contributed by atoms with Crippen molar-refractivity contribution >= 4 is 17.4 Å². The number of Topliss-reactive ketones (excluding diaryl/α,β-unsaturated/α-hetero) is 1. The SMILES string of the molecule is CCCCC(CC)CC(=O)c1c(F)cccc1Cl. The van der Waals surface area contributed by atoms with E-state index < -0.39 is 5.82 Å². The van der Waals surface area contributed by atoms with E-state index in [0.717, 1.165) is 25.7 Å². The fourth-order valence-corrected chi connectivity index (χ4v) is 2.34. The summed E-state index contributed by atoms with van der Waals surface area (Å²) in [6.07, 6.45) is 4.57. The van der Waals surface area contributed by atoms with Crippen LogP contribution in [0.1, 0.15) is 56.3 Å². The molecule has 0 aliphatic carbocycles. The Labute approximate surface area is 113 Å². The van der Waals surface area contributed by atoms with Gasteiger partial charge in [-0.25, -0.2) is 4.39 Å². The average molecular weight is 271 g/mol. The Hall–Kier alpha value is -0.890. The number of unbranched alkanes of at least 4 members (excludes halogenated alkanes) is 1. The topological polar surface area (TPSA) is 17.1 Å². The predicted octanol–water partition coefficient (Wildman–Crippen LogP) is 5.27. The summed E-state index contributed by atoms with van der Waals surface area (Å²) < 4.78 is 13.6. The van der Waals surface area contributed by atoms with Crippen molar-refractivity contribution < 1.29 is 9.18 Å². The molecule has 1 aromatic carbocycles. The van der Waals surface area contributed by atoms with Gasteiger partial charge in [0, 0.05) is 6.42 Å². The number of carbonyl (C=O) groups excluding carboxylic acids is 1. The quantitative estimate of drug-likeness (QED) is 0.617. The third kappa shape index (κ3) is 4.09. The minimum absolute atomic E-state index is 0.0501. The van der Waals surface area contributed by atoms with Crippen LogP contribution >= 0.6 is 11.6 Å². The van der Waals surface area contributed by atoms with Gasteiger partial charge in [0.25, 0.3) is 0 Å². The molecule has 0 amide bonds. The summed E-state index contributed by atoms with van der Waals surface area (Å²) in [5, 5.41) is 0.213. The zero-order valence-electron chi connectivity index (χ0n) is 11.0. The molecule has 0 N–H and O–H groups in total. The summed E-state index contributed by atoms with van der Waals surface area (Å²) in [6, 6.07) is 4.36. The van der Waals surface area contributed by atoms with Gasteiger partial charge in [-0.2, -0.15) is 0 Å². The summed E-state index contributed by atoms with van der Waals surface area (Å²) in [6.45, 7) is 4.19. The van der Waals surface area contributed by atoms with Crippen molar-refractivity contribution in [3.63, 3.8) is 0 Å². The maximum Gasteiger partial charge on any atom is 0.167 e. The average Bonchev–Trinajstić information content (AvgIpc) is 2.34. The molecule has 0 bridgehead atoms. The zero-order chi connectivity index (χ0) is 13.5. The molecule has 0 aromatic heterocycles. The van der Waals surface area contributed by atoms with E-state index in [1.807, 2.05) is 0 Å². The molecule has 0 fully saturated rings. The molecule has 0 spiro atoms. The predicted molar refractivity (Wildman–Crippen MR) is 73.7 cm³/mol. The highest BCUT2D eigenvalue weighted by atomic mass is 35.5. The Morgan fingerprint density at radius 1 is 1.39 bits per heavy atom. The van der Waals surface area contributed by atoms with Crippen LogP contribution in [0, 0.1) is 11.7 Å². The molecule has 0 radical (unpaired) electrons. The van der Waals surface area contributed by atoms with Crippen LogP contribution in [0.5, 0.6) is 0 Å². The molecule has 1 aromatic rings. The van der Waals surface area contributed by atoms with E-state index in [4.69, 9.17) is 11.6 Å². The van der Waals surface area contributed by atoms with Gasteiger partial charge in [0.2, 0.25) is 0 Å². The van der Waals surface area contributed by atoms with Crippen molar-refractivity contribution in [3.05, 3.63) is 34.6 Å². The minimum atomic E-state index is -0.516. The molecule has 0 aliphatic heterocycles. The van der Waals surface area contributed by atoms with Gasteiger partial charge in [-0.15, -0.1) is 0 Å². The second kappa shape index (κ2) is 7.52. The minimum Gasteiger partial charge on any atom is -0.294 e. The molecule has 3 heteroatoms. The van der Waals surface area contributed by atoms with Gasteiger partial charge in [-0.1, -0.05) is 57.2 Å². The van der Waals surface area contributed by atoms with E-state index in [1.165, 1.54) is 12.1 Å². The van der Waals surface area contributed by atoms with Gasteiger partial charge in [0.15, 0.2) is 5.78 Å². The van der Waals surface area contributed by atoms with E-state index in [-0.39, 0.29) is 16.4 Å². The monoisotopic (exact) mass is 270 g/mol. The van der Waals surface area contributed by atoms with Crippen LogP contribution in [0.15, 0.2) is 18.2 Å². The molecule has 100 valence electrons. The third-order valence-corrected chi connectivity index (χ3v) is 3.57. The number of benzene rings is 1. The zero-order valence-corrected chi connectivity index (χ0v) is 11.8. The molecular formula is C15H20ClFO. The first-order valence-electron chi connectivity index (χ1n) is 6.57. The number of hydrogen-bond acceptors (Lipinski definition) is 1.